The topological polar surface area (TPSA) is 74.9 Å². The van der Waals surface area contributed by atoms with Crippen molar-refractivity contribution in [3.63, 3.8) is 0 Å². The summed E-state index contributed by atoms with van der Waals surface area (Å²) >= 11 is 2.65. The molecular weight excluding hydrogens is 438 g/mol. The third-order valence-electron chi connectivity index (χ3n) is 4.97. The fraction of sp³-hybridized carbons (Fsp3) is 0.0800. The number of thiazole rings is 1. The monoisotopic (exact) mass is 457 g/mol. The van der Waals surface area contributed by atoms with Crippen LogP contribution in [-0.4, -0.2) is 10.5 Å². The number of nitrogens with one attached hydrogen (secondary N) is 1. The van der Waals surface area contributed by atoms with E-state index in [2.05, 4.69) is 5.32 Å². The van der Waals surface area contributed by atoms with Crippen LogP contribution in [0.2, 0.25) is 0 Å². The van der Waals surface area contributed by atoms with Crippen molar-refractivity contribution in [2.45, 2.75) is 13.8 Å². The second-order valence-corrected chi connectivity index (χ2v) is 9.16. The van der Waals surface area contributed by atoms with Gasteiger partial charge in [0.1, 0.15) is 10.7 Å². The molecule has 0 spiro atoms. The summed E-state index contributed by atoms with van der Waals surface area (Å²) in [6.45, 7) is 3.95. The fourth-order valence-electron chi connectivity index (χ4n) is 3.17. The maximum Gasteiger partial charge on any atom is 0.273 e. The van der Waals surface area contributed by atoms with Crippen molar-refractivity contribution in [1.29, 1.82) is 5.26 Å². The average molecular weight is 458 g/mol. The minimum atomic E-state index is -0.552. The number of nitrogens with zero attached hydrogens (tertiary/aromatic N) is 2. The van der Waals surface area contributed by atoms with Crippen LogP contribution in [0, 0.1) is 25.2 Å². The second-order valence-electron chi connectivity index (χ2n) is 7.15. The van der Waals surface area contributed by atoms with E-state index in [0.29, 0.717) is 20.6 Å². The normalized spacial score (nSPS) is 12.3. The minimum absolute atomic E-state index is 0.111. The Balaban J connectivity index is 1.92. The Hall–Kier alpha value is -3.73. The zero-order valence-corrected chi connectivity index (χ0v) is 19.1. The first kappa shape index (κ1) is 21.5. The molecule has 1 N–H and O–H groups in total. The van der Waals surface area contributed by atoms with Gasteiger partial charge in [-0.2, -0.15) is 5.26 Å². The third kappa shape index (κ3) is 4.33. The van der Waals surface area contributed by atoms with Crippen LogP contribution in [0.4, 0.5) is 5.69 Å². The summed E-state index contributed by atoms with van der Waals surface area (Å²) in [6.07, 6.45) is 1.79. The van der Waals surface area contributed by atoms with Gasteiger partial charge in [0, 0.05) is 10.6 Å². The highest BCUT2D eigenvalue weighted by molar-refractivity contribution is 7.11. The van der Waals surface area contributed by atoms with Crippen LogP contribution in [0.15, 0.2) is 70.8 Å². The van der Waals surface area contributed by atoms with Gasteiger partial charge >= 0.3 is 0 Å². The smallest absolute Gasteiger partial charge is 0.273 e. The molecule has 2 aromatic heterocycles. The van der Waals surface area contributed by atoms with E-state index in [1.165, 1.54) is 15.9 Å². The molecule has 0 atom stereocenters. The molecule has 4 rings (SSSR count). The van der Waals surface area contributed by atoms with Crippen molar-refractivity contribution in [1.82, 2.24) is 4.57 Å². The number of benzene rings is 2. The van der Waals surface area contributed by atoms with Gasteiger partial charge in [-0.05, 0) is 66.8 Å². The van der Waals surface area contributed by atoms with E-state index in [0.717, 1.165) is 27.3 Å². The van der Waals surface area contributed by atoms with Crippen LogP contribution in [0.5, 0.6) is 0 Å². The van der Waals surface area contributed by atoms with Gasteiger partial charge in [0.15, 0.2) is 5.57 Å². The first-order chi connectivity index (χ1) is 15.5. The molecule has 0 aliphatic rings. The Kier molecular flexibility index (Phi) is 6.17. The van der Waals surface area contributed by atoms with Crippen molar-refractivity contribution in [2.75, 3.05) is 5.32 Å². The lowest BCUT2D eigenvalue weighted by atomic mass is 10.1. The summed E-state index contributed by atoms with van der Waals surface area (Å²) in [7, 11) is 0. The molecule has 0 radical (unpaired) electrons. The van der Waals surface area contributed by atoms with E-state index >= 15 is 0 Å². The molecule has 158 valence electrons. The number of carbonyl (C=O) groups is 1. The molecule has 0 saturated heterocycles. The molecule has 4 aromatic rings. The molecule has 0 saturated carbocycles. The molecular formula is C25H19N3O2S2. The number of para-hydroxylation sites is 1. The van der Waals surface area contributed by atoms with E-state index in [-0.39, 0.29) is 11.1 Å². The van der Waals surface area contributed by atoms with E-state index < -0.39 is 5.91 Å². The number of thiophene rings is 1. The van der Waals surface area contributed by atoms with E-state index in [1.807, 2.05) is 67.8 Å². The number of nitriles is 1. The van der Waals surface area contributed by atoms with Crippen LogP contribution in [-0.2, 0) is 4.79 Å². The number of aromatic nitrogens is 1. The van der Waals surface area contributed by atoms with Gasteiger partial charge in [-0.1, -0.05) is 30.3 Å². The average Bonchev–Trinajstić information content (AvgIpc) is 3.40. The number of rotatable bonds is 4. The predicted molar refractivity (Wildman–Crippen MR) is 131 cm³/mol. The molecule has 1 amide bonds. The van der Waals surface area contributed by atoms with Gasteiger partial charge in [-0.25, -0.2) is 0 Å². The van der Waals surface area contributed by atoms with Crippen LogP contribution in [0.3, 0.4) is 0 Å². The highest BCUT2D eigenvalue weighted by Gasteiger charge is 2.17. The first-order valence-corrected chi connectivity index (χ1v) is 11.5. The van der Waals surface area contributed by atoms with Gasteiger partial charge < -0.3 is 5.32 Å². The lowest BCUT2D eigenvalue weighted by Crippen LogP contribution is -2.32. The number of anilines is 1. The Morgan fingerprint density at radius 3 is 2.50 bits per heavy atom. The molecule has 32 heavy (non-hydrogen) atoms. The van der Waals surface area contributed by atoms with Crippen molar-refractivity contribution in [3.05, 3.63) is 102 Å². The Bertz CT molecular complexity index is 1510. The van der Waals surface area contributed by atoms with Crippen molar-refractivity contribution >= 4 is 45.9 Å². The van der Waals surface area contributed by atoms with Crippen LogP contribution in [0.25, 0.3) is 17.3 Å². The summed E-state index contributed by atoms with van der Waals surface area (Å²) in [4.78, 5) is 27.3. The third-order valence-corrected chi connectivity index (χ3v) is 6.88. The summed E-state index contributed by atoms with van der Waals surface area (Å²) in [5.41, 5.74) is 2.96. The van der Waals surface area contributed by atoms with E-state index in [4.69, 9.17) is 0 Å². The Morgan fingerprint density at radius 2 is 1.84 bits per heavy atom. The van der Waals surface area contributed by atoms with Crippen LogP contribution >= 0.6 is 22.7 Å². The molecule has 2 heterocycles. The van der Waals surface area contributed by atoms with Gasteiger partial charge in [0.05, 0.1) is 10.2 Å². The van der Waals surface area contributed by atoms with Gasteiger partial charge in [0.25, 0.3) is 11.5 Å². The minimum Gasteiger partial charge on any atom is -0.321 e. The largest absolute Gasteiger partial charge is 0.321 e. The zero-order valence-electron chi connectivity index (χ0n) is 17.5. The highest BCUT2D eigenvalue weighted by Crippen LogP contribution is 2.15. The van der Waals surface area contributed by atoms with Crippen molar-refractivity contribution in [3.8, 4) is 11.8 Å². The number of hydrogen-bond acceptors (Lipinski definition) is 5. The number of aryl methyl sites for hydroxylation is 2. The quantitative estimate of drug-likeness (QED) is 0.508. The lowest BCUT2D eigenvalue weighted by molar-refractivity contribution is -0.111. The summed E-state index contributed by atoms with van der Waals surface area (Å²) in [6, 6.07) is 20.4. The molecule has 0 aliphatic carbocycles. The lowest BCUT2D eigenvalue weighted by Gasteiger charge is -2.07. The van der Waals surface area contributed by atoms with Crippen molar-refractivity contribution in [2.24, 2.45) is 0 Å². The van der Waals surface area contributed by atoms with Gasteiger partial charge in [-0.15, -0.1) is 22.7 Å². The SMILES string of the molecule is Cc1ccc(NC(=O)/C(C#N)=c2/s/c(=C/c3cccs3)c(=O)n2-c2ccccc2)cc1C. The first-order valence-electron chi connectivity index (χ1n) is 9.83. The number of amides is 1. The molecule has 2 aromatic carbocycles. The van der Waals surface area contributed by atoms with E-state index in [9.17, 15) is 14.9 Å². The Labute approximate surface area is 192 Å². The van der Waals surface area contributed by atoms with Gasteiger partial charge in [0.2, 0.25) is 0 Å². The predicted octanol–water partition coefficient (Wildman–Crippen LogP) is 3.72. The molecule has 0 aliphatic heterocycles. The second kappa shape index (κ2) is 9.18. The van der Waals surface area contributed by atoms with Crippen LogP contribution < -0.4 is 20.1 Å². The highest BCUT2D eigenvalue weighted by atomic mass is 32.1. The van der Waals surface area contributed by atoms with Crippen LogP contribution in [0.1, 0.15) is 16.0 Å². The maximum atomic E-state index is 13.3. The Morgan fingerprint density at radius 1 is 1.06 bits per heavy atom. The fourth-order valence-corrected chi connectivity index (χ4v) is 5.00. The summed E-state index contributed by atoms with van der Waals surface area (Å²) in [5.74, 6) is -0.552. The summed E-state index contributed by atoms with van der Waals surface area (Å²) < 4.78 is 2.19. The molecule has 0 fully saturated rings. The maximum absolute atomic E-state index is 13.3. The molecule has 7 heteroatoms. The summed E-state index contributed by atoms with van der Waals surface area (Å²) in [5, 5.41) is 14.6. The molecule has 0 unspecified atom stereocenters. The molecule has 5 nitrogen and oxygen atoms in total. The van der Waals surface area contributed by atoms with Gasteiger partial charge in [-0.3, -0.25) is 14.2 Å². The molecule has 0 bridgehead atoms. The number of carbonyl (C=O) groups excluding carboxylic acids is 1. The number of hydrogen-bond donors (Lipinski definition) is 1. The van der Waals surface area contributed by atoms with Crippen molar-refractivity contribution < 1.29 is 4.79 Å². The zero-order chi connectivity index (χ0) is 22.7. The van der Waals surface area contributed by atoms with E-state index in [1.54, 1.807) is 24.3 Å². The standard InChI is InChI=1S/C25H19N3O2S2/c1-16-10-11-18(13-17(16)2)27-23(29)21(15-26)25-28(19-7-4-3-5-8-19)24(30)22(32-25)14-20-9-6-12-31-20/h3-14H,1-2H3,(H,27,29)/b22-14+,25-21+.